The van der Waals surface area contributed by atoms with E-state index in [9.17, 15) is 4.79 Å². The molecule has 1 unspecified atom stereocenters. The van der Waals surface area contributed by atoms with E-state index in [1.54, 1.807) is 0 Å². The number of likely N-dealkylation sites (tertiary alicyclic amines) is 1. The van der Waals surface area contributed by atoms with Crippen LogP contribution in [0.25, 0.3) is 0 Å². The Morgan fingerprint density at radius 1 is 1.33 bits per heavy atom. The molecule has 0 bridgehead atoms. The van der Waals surface area contributed by atoms with Crippen LogP contribution in [0.5, 0.6) is 0 Å². The third-order valence-electron chi connectivity index (χ3n) is 4.99. The Bertz CT molecular complexity index is 744. The predicted octanol–water partition coefficient (Wildman–Crippen LogP) is 3.35. The van der Waals surface area contributed by atoms with Crippen molar-refractivity contribution in [1.82, 2.24) is 14.3 Å². The zero-order chi connectivity index (χ0) is 16.5. The predicted molar refractivity (Wildman–Crippen MR) is 95.9 cm³/mol. The fraction of sp³-hybridized carbons (Fsp3) is 0.500. The first kappa shape index (κ1) is 15.6. The van der Waals surface area contributed by atoms with Crippen molar-refractivity contribution in [1.29, 1.82) is 0 Å². The quantitative estimate of drug-likeness (QED) is 0.836. The second-order valence-corrected chi connectivity index (χ2v) is 7.22. The zero-order valence-corrected chi connectivity index (χ0v) is 14.8. The van der Waals surface area contributed by atoms with Crippen molar-refractivity contribution in [2.45, 2.75) is 38.5 Å². The standard InChI is InChI=1S/C18H22N4OS/c1-2-16-19-18(24-20-16)22-12-13(14-6-3-4-7-15(14)22)9-11-21-10-5-8-17(21)23/h3-4,6-7,13H,2,5,8-12H2,1H3. The van der Waals surface area contributed by atoms with E-state index in [1.807, 2.05) is 4.90 Å². The maximum atomic E-state index is 11.8. The second kappa shape index (κ2) is 6.51. The number of anilines is 2. The molecule has 2 aromatic rings. The van der Waals surface area contributed by atoms with Gasteiger partial charge in [-0.05, 0) is 24.5 Å². The smallest absolute Gasteiger partial charge is 0.222 e. The lowest BCUT2D eigenvalue weighted by Gasteiger charge is -2.19. The van der Waals surface area contributed by atoms with Gasteiger partial charge in [0.2, 0.25) is 11.0 Å². The van der Waals surface area contributed by atoms with Gasteiger partial charge in [-0.1, -0.05) is 25.1 Å². The van der Waals surface area contributed by atoms with E-state index in [0.29, 0.717) is 11.8 Å². The molecular weight excluding hydrogens is 320 g/mol. The molecule has 0 N–H and O–H groups in total. The van der Waals surface area contributed by atoms with Gasteiger partial charge in [0, 0.05) is 55.6 Å². The summed E-state index contributed by atoms with van der Waals surface area (Å²) < 4.78 is 4.43. The fourth-order valence-electron chi connectivity index (χ4n) is 3.67. The number of fused-ring (bicyclic) bond motifs is 1. The summed E-state index contributed by atoms with van der Waals surface area (Å²) in [5, 5.41) is 0.985. The van der Waals surface area contributed by atoms with E-state index in [1.165, 1.54) is 22.8 Å². The highest BCUT2D eigenvalue weighted by Gasteiger charge is 2.32. The van der Waals surface area contributed by atoms with Crippen molar-refractivity contribution in [3.63, 3.8) is 0 Å². The number of nitrogens with zero attached hydrogens (tertiary/aromatic N) is 4. The van der Waals surface area contributed by atoms with Crippen molar-refractivity contribution in [3.05, 3.63) is 35.7 Å². The van der Waals surface area contributed by atoms with Crippen LogP contribution in [0.2, 0.25) is 0 Å². The summed E-state index contributed by atoms with van der Waals surface area (Å²) in [6.07, 6.45) is 3.61. The maximum Gasteiger partial charge on any atom is 0.222 e. The van der Waals surface area contributed by atoms with Crippen molar-refractivity contribution in [2.24, 2.45) is 0 Å². The number of amides is 1. The van der Waals surface area contributed by atoms with Crippen LogP contribution in [-0.2, 0) is 11.2 Å². The van der Waals surface area contributed by atoms with Crippen LogP contribution < -0.4 is 4.90 Å². The van der Waals surface area contributed by atoms with Crippen molar-refractivity contribution in [3.8, 4) is 0 Å². The highest BCUT2D eigenvalue weighted by Crippen LogP contribution is 2.42. The van der Waals surface area contributed by atoms with E-state index in [-0.39, 0.29) is 0 Å². The van der Waals surface area contributed by atoms with Crippen molar-refractivity contribution >= 4 is 28.3 Å². The summed E-state index contributed by atoms with van der Waals surface area (Å²) in [5.74, 6) is 1.68. The van der Waals surface area contributed by atoms with E-state index < -0.39 is 0 Å². The lowest BCUT2D eigenvalue weighted by atomic mass is 9.98. The number of aromatic nitrogens is 2. The molecule has 5 nitrogen and oxygen atoms in total. The molecule has 1 atom stereocenters. The first-order chi connectivity index (χ1) is 11.8. The van der Waals surface area contributed by atoms with Gasteiger partial charge in [-0.15, -0.1) is 0 Å². The van der Waals surface area contributed by atoms with Crippen LogP contribution in [0.1, 0.15) is 43.5 Å². The third kappa shape index (κ3) is 2.79. The fourth-order valence-corrected chi connectivity index (χ4v) is 4.45. The zero-order valence-electron chi connectivity index (χ0n) is 13.9. The summed E-state index contributed by atoms with van der Waals surface area (Å²) in [7, 11) is 0. The molecule has 126 valence electrons. The average molecular weight is 342 g/mol. The number of hydrogen-bond donors (Lipinski definition) is 0. The van der Waals surface area contributed by atoms with Crippen LogP contribution in [-0.4, -0.2) is 39.8 Å². The van der Waals surface area contributed by atoms with Gasteiger partial charge in [-0.2, -0.15) is 4.37 Å². The molecule has 1 fully saturated rings. The summed E-state index contributed by atoms with van der Waals surface area (Å²) in [6, 6.07) is 8.57. The minimum Gasteiger partial charge on any atom is -0.343 e. The average Bonchev–Trinajstić information content (AvgIpc) is 3.31. The maximum absolute atomic E-state index is 11.8. The molecule has 24 heavy (non-hydrogen) atoms. The van der Waals surface area contributed by atoms with Crippen molar-refractivity contribution in [2.75, 3.05) is 24.5 Å². The number of carbonyl (C=O) groups is 1. The van der Waals surface area contributed by atoms with Crippen LogP contribution >= 0.6 is 11.5 Å². The van der Waals surface area contributed by atoms with Gasteiger partial charge in [0.25, 0.3) is 0 Å². The van der Waals surface area contributed by atoms with Crippen LogP contribution in [0.4, 0.5) is 10.8 Å². The molecule has 3 heterocycles. The Kier molecular flexibility index (Phi) is 4.22. The molecule has 2 aliphatic heterocycles. The van der Waals surface area contributed by atoms with Gasteiger partial charge >= 0.3 is 0 Å². The summed E-state index contributed by atoms with van der Waals surface area (Å²) in [6.45, 7) is 4.80. The number of para-hydroxylation sites is 1. The molecule has 2 aliphatic rings. The molecule has 6 heteroatoms. The minimum atomic E-state index is 0.315. The van der Waals surface area contributed by atoms with Gasteiger partial charge < -0.3 is 9.80 Å². The number of carbonyl (C=O) groups excluding carboxylic acids is 1. The number of benzene rings is 1. The Labute approximate surface area is 146 Å². The summed E-state index contributed by atoms with van der Waals surface area (Å²) in [4.78, 5) is 20.8. The van der Waals surface area contributed by atoms with Gasteiger partial charge in [0.15, 0.2) is 0 Å². The highest BCUT2D eigenvalue weighted by atomic mass is 32.1. The Morgan fingerprint density at radius 2 is 2.21 bits per heavy atom. The largest absolute Gasteiger partial charge is 0.343 e. The monoisotopic (exact) mass is 342 g/mol. The van der Waals surface area contributed by atoms with E-state index in [2.05, 4.69) is 45.4 Å². The molecule has 0 spiro atoms. The number of hydrogen-bond acceptors (Lipinski definition) is 5. The van der Waals surface area contributed by atoms with Gasteiger partial charge in [-0.25, -0.2) is 4.98 Å². The molecule has 4 rings (SSSR count). The Balaban J connectivity index is 1.53. The first-order valence-corrected chi connectivity index (χ1v) is 9.50. The number of aryl methyl sites for hydroxylation is 1. The van der Waals surface area contributed by atoms with Crippen molar-refractivity contribution < 1.29 is 4.79 Å². The Morgan fingerprint density at radius 3 is 2.96 bits per heavy atom. The van der Waals surface area contributed by atoms with E-state index in [4.69, 9.17) is 0 Å². The topological polar surface area (TPSA) is 49.3 Å². The van der Waals surface area contributed by atoms with E-state index in [0.717, 1.165) is 56.3 Å². The van der Waals surface area contributed by atoms with Gasteiger partial charge in [0.05, 0.1) is 0 Å². The molecule has 1 amide bonds. The first-order valence-electron chi connectivity index (χ1n) is 8.73. The normalized spacial score (nSPS) is 20.0. The third-order valence-corrected chi connectivity index (χ3v) is 5.77. The van der Waals surface area contributed by atoms with Crippen LogP contribution in [0.15, 0.2) is 24.3 Å². The molecule has 0 radical (unpaired) electrons. The van der Waals surface area contributed by atoms with Crippen LogP contribution in [0, 0.1) is 0 Å². The molecule has 0 saturated carbocycles. The number of rotatable bonds is 5. The Hall–Kier alpha value is -1.95. The molecule has 0 aliphatic carbocycles. The minimum absolute atomic E-state index is 0.315. The second-order valence-electron chi connectivity index (χ2n) is 6.49. The van der Waals surface area contributed by atoms with Gasteiger partial charge in [-0.3, -0.25) is 4.79 Å². The molecule has 1 saturated heterocycles. The molecular formula is C18H22N4OS. The lowest BCUT2D eigenvalue weighted by molar-refractivity contribution is -0.127. The highest BCUT2D eigenvalue weighted by molar-refractivity contribution is 7.09. The van der Waals surface area contributed by atoms with Crippen LogP contribution in [0.3, 0.4) is 0 Å². The summed E-state index contributed by atoms with van der Waals surface area (Å²) in [5.41, 5.74) is 2.62. The SMILES string of the molecule is CCc1nsc(N2CC(CCN3CCCC3=O)c3ccccc32)n1. The lowest BCUT2D eigenvalue weighted by Crippen LogP contribution is -2.27. The summed E-state index contributed by atoms with van der Waals surface area (Å²) >= 11 is 1.48. The van der Waals surface area contributed by atoms with E-state index >= 15 is 0 Å². The molecule has 1 aromatic carbocycles. The van der Waals surface area contributed by atoms with Gasteiger partial charge in [0.1, 0.15) is 5.82 Å². The molecule has 1 aromatic heterocycles.